The average Bonchev–Trinajstić information content (AvgIpc) is 3.29. The van der Waals surface area contributed by atoms with Crippen LogP contribution in [0.1, 0.15) is 30.8 Å². The first-order chi connectivity index (χ1) is 12.7. The molecule has 0 bridgehead atoms. The topological polar surface area (TPSA) is 119 Å². The molecule has 0 aliphatic carbocycles. The lowest BCUT2D eigenvalue weighted by Crippen LogP contribution is -2.40. The molecule has 2 heterocycles. The summed E-state index contributed by atoms with van der Waals surface area (Å²) in [6, 6.07) is 7.37. The third kappa shape index (κ3) is 3.27. The van der Waals surface area contributed by atoms with Crippen LogP contribution in [0.3, 0.4) is 0 Å². The predicted molar refractivity (Wildman–Crippen MR) is 95.6 cm³/mol. The minimum Gasteiger partial charge on any atom is -0.481 e. The zero-order valence-electron chi connectivity index (χ0n) is 15.0. The van der Waals surface area contributed by atoms with Crippen LogP contribution in [0.25, 0.3) is 5.69 Å². The van der Waals surface area contributed by atoms with Gasteiger partial charge in [-0.25, -0.2) is 4.68 Å². The van der Waals surface area contributed by atoms with Gasteiger partial charge in [0.25, 0.3) is 11.6 Å². The average molecular weight is 372 g/mol. The summed E-state index contributed by atoms with van der Waals surface area (Å²) in [6.07, 6.45) is 2.01. The zero-order valence-corrected chi connectivity index (χ0v) is 15.0. The molecule has 9 heteroatoms. The third-order valence-electron chi connectivity index (χ3n) is 5.25. The van der Waals surface area contributed by atoms with Gasteiger partial charge >= 0.3 is 5.97 Å². The highest BCUT2D eigenvalue weighted by Gasteiger charge is 2.48. The van der Waals surface area contributed by atoms with Crippen molar-refractivity contribution in [3.63, 3.8) is 0 Å². The Labute approximate surface area is 155 Å². The van der Waals surface area contributed by atoms with Crippen LogP contribution in [0.15, 0.2) is 36.5 Å². The maximum atomic E-state index is 12.7. The van der Waals surface area contributed by atoms with Gasteiger partial charge in [-0.1, -0.05) is 13.8 Å². The van der Waals surface area contributed by atoms with Crippen molar-refractivity contribution in [1.82, 2.24) is 14.7 Å². The molecule has 3 rings (SSSR count). The number of nitro groups is 1. The first-order valence-corrected chi connectivity index (χ1v) is 8.58. The molecule has 142 valence electrons. The lowest BCUT2D eigenvalue weighted by molar-refractivity contribution is -0.384. The number of carboxylic acids is 1. The normalized spacial score (nSPS) is 19.4. The molecule has 1 fully saturated rings. The van der Waals surface area contributed by atoms with E-state index in [9.17, 15) is 24.8 Å². The van der Waals surface area contributed by atoms with Crippen molar-refractivity contribution in [2.24, 2.45) is 11.3 Å². The summed E-state index contributed by atoms with van der Waals surface area (Å²) in [5, 5.41) is 24.6. The Morgan fingerprint density at radius 2 is 1.93 bits per heavy atom. The molecule has 0 radical (unpaired) electrons. The van der Waals surface area contributed by atoms with Gasteiger partial charge in [0.15, 0.2) is 5.69 Å². The van der Waals surface area contributed by atoms with Gasteiger partial charge in [0.05, 0.1) is 16.0 Å². The molecule has 1 N–H and O–H groups in total. The smallest absolute Gasteiger partial charge is 0.311 e. The fourth-order valence-electron chi connectivity index (χ4n) is 3.37. The van der Waals surface area contributed by atoms with Crippen molar-refractivity contribution in [2.75, 3.05) is 13.1 Å². The van der Waals surface area contributed by atoms with E-state index in [0.29, 0.717) is 18.7 Å². The lowest BCUT2D eigenvalue weighted by atomic mass is 9.76. The van der Waals surface area contributed by atoms with Gasteiger partial charge in [-0.2, -0.15) is 5.10 Å². The molecule has 1 amide bonds. The van der Waals surface area contributed by atoms with E-state index in [4.69, 9.17) is 0 Å². The van der Waals surface area contributed by atoms with E-state index in [2.05, 4.69) is 5.10 Å². The van der Waals surface area contributed by atoms with E-state index in [0.717, 1.165) is 0 Å². The molecule has 0 saturated carbocycles. The highest BCUT2D eigenvalue weighted by Crippen LogP contribution is 2.38. The van der Waals surface area contributed by atoms with Gasteiger partial charge in [-0.05, 0) is 30.5 Å². The number of non-ortho nitro benzene ring substituents is 1. The van der Waals surface area contributed by atoms with E-state index in [1.165, 1.54) is 21.7 Å². The summed E-state index contributed by atoms with van der Waals surface area (Å²) in [5.74, 6) is -1.30. The number of aromatic nitrogens is 2. The maximum absolute atomic E-state index is 12.7. The van der Waals surface area contributed by atoms with Crippen molar-refractivity contribution >= 4 is 17.6 Å². The number of carbonyl (C=O) groups is 2. The Morgan fingerprint density at radius 3 is 2.44 bits per heavy atom. The molecular formula is C18H20N4O5. The van der Waals surface area contributed by atoms with E-state index in [1.807, 2.05) is 13.8 Å². The summed E-state index contributed by atoms with van der Waals surface area (Å²) in [5.41, 5.74) is -0.171. The van der Waals surface area contributed by atoms with Crippen LogP contribution in [-0.2, 0) is 4.79 Å². The van der Waals surface area contributed by atoms with E-state index < -0.39 is 16.3 Å². The molecular weight excluding hydrogens is 352 g/mol. The Morgan fingerprint density at radius 1 is 1.26 bits per heavy atom. The lowest BCUT2D eigenvalue weighted by Gasteiger charge is -2.28. The third-order valence-corrected chi connectivity index (χ3v) is 5.25. The van der Waals surface area contributed by atoms with Crippen LogP contribution in [0.5, 0.6) is 0 Å². The van der Waals surface area contributed by atoms with Crippen LogP contribution in [0.2, 0.25) is 0 Å². The Bertz CT molecular complexity index is 889. The second-order valence-electron chi connectivity index (χ2n) is 7.01. The number of amides is 1. The number of hydrogen-bond acceptors (Lipinski definition) is 5. The second kappa shape index (κ2) is 6.82. The second-order valence-corrected chi connectivity index (χ2v) is 7.01. The number of carboxylic acid groups (broad SMARTS) is 1. The Kier molecular flexibility index (Phi) is 4.69. The number of nitro benzene ring substituents is 1. The van der Waals surface area contributed by atoms with E-state index in [-0.39, 0.29) is 29.8 Å². The number of benzene rings is 1. The molecule has 1 saturated heterocycles. The highest BCUT2D eigenvalue weighted by molar-refractivity contribution is 5.93. The monoisotopic (exact) mass is 372 g/mol. The first-order valence-electron chi connectivity index (χ1n) is 8.58. The minimum absolute atomic E-state index is 0.0297. The van der Waals surface area contributed by atoms with Gasteiger partial charge in [0.2, 0.25) is 0 Å². The maximum Gasteiger partial charge on any atom is 0.311 e. The molecule has 1 aliphatic heterocycles. The number of rotatable bonds is 5. The first kappa shape index (κ1) is 18.6. The highest BCUT2D eigenvalue weighted by atomic mass is 16.6. The molecule has 0 spiro atoms. The van der Waals surface area contributed by atoms with Crippen molar-refractivity contribution in [1.29, 1.82) is 0 Å². The molecule has 2 aromatic rings. The number of likely N-dealkylation sites (tertiary alicyclic amines) is 1. The quantitative estimate of drug-likeness (QED) is 0.636. The van der Waals surface area contributed by atoms with Gasteiger partial charge in [0, 0.05) is 31.4 Å². The molecule has 1 aromatic heterocycles. The van der Waals surface area contributed by atoms with Crippen LogP contribution in [-0.4, -0.2) is 49.7 Å². The van der Waals surface area contributed by atoms with Crippen molar-refractivity contribution in [3.8, 4) is 5.69 Å². The fraction of sp³-hybridized carbons (Fsp3) is 0.389. The molecule has 1 atom stereocenters. The summed E-state index contributed by atoms with van der Waals surface area (Å²) in [7, 11) is 0. The summed E-state index contributed by atoms with van der Waals surface area (Å²) in [4.78, 5) is 36.2. The van der Waals surface area contributed by atoms with E-state index in [1.54, 1.807) is 24.4 Å². The largest absolute Gasteiger partial charge is 0.481 e. The van der Waals surface area contributed by atoms with Crippen LogP contribution < -0.4 is 0 Å². The molecule has 1 aliphatic rings. The minimum atomic E-state index is -0.934. The predicted octanol–water partition coefficient (Wildman–Crippen LogP) is 2.35. The van der Waals surface area contributed by atoms with Gasteiger partial charge in [0.1, 0.15) is 0 Å². The SMILES string of the molecule is CC(C)C1(C(=O)O)CCN(C(=O)c2ccn(-c3ccc([N+](=O)[O-])cc3)n2)C1. The molecule has 1 unspecified atom stereocenters. The Balaban J connectivity index is 1.78. The zero-order chi connectivity index (χ0) is 19.8. The van der Waals surface area contributed by atoms with Crippen molar-refractivity contribution in [3.05, 3.63) is 52.3 Å². The van der Waals surface area contributed by atoms with Crippen LogP contribution >= 0.6 is 0 Å². The van der Waals surface area contributed by atoms with Gasteiger partial charge < -0.3 is 10.0 Å². The van der Waals surface area contributed by atoms with Gasteiger partial charge in [-0.15, -0.1) is 0 Å². The van der Waals surface area contributed by atoms with Crippen molar-refractivity contribution in [2.45, 2.75) is 20.3 Å². The molecule has 27 heavy (non-hydrogen) atoms. The summed E-state index contributed by atoms with van der Waals surface area (Å²) >= 11 is 0. The summed E-state index contributed by atoms with van der Waals surface area (Å²) < 4.78 is 1.46. The molecule has 9 nitrogen and oxygen atoms in total. The van der Waals surface area contributed by atoms with Crippen molar-refractivity contribution < 1.29 is 19.6 Å². The number of aliphatic carboxylic acids is 1. The standard InChI is InChI=1S/C18H20N4O5/c1-12(2)18(17(24)25)8-10-20(11-18)16(23)15-7-9-21(19-15)13-3-5-14(6-4-13)22(26)27/h3-7,9,12H,8,10-11H2,1-2H3,(H,24,25). The van der Waals surface area contributed by atoms with Crippen LogP contribution in [0, 0.1) is 21.4 Å². The van der Waals surface area contributed by atoms with Crippen LogP contribution in [0.4, 0.5) is 5.69 Å². The van der Waals surface area contributed by atoms with E-state index >= 15 is 0 Å². The summed E-state index contributed by atoms with van der Waals surface area (Å²) in [6.45, 7) is 4.23. The van der Waals surface area contributed by atoms with Gasteiger partial charge in [-0.3, -0.25) is 19.7 Å². The number of hydrogen-bond donors (Lipinski definition) is 1. The number of nitrogens with zero attached hydrogens (tertiary/aromatic N) is 4. The molecule has 1 aromatic carbocycles. The Hall–Kier alpha value is -3.23. The number of carbonyl (C=O) groups excluding carboxylic acids is 1. The fourth-order valence-corrected chi connectivity index (χ4v) is 3.37.